The third-order valence-corrected chi connectivity index (χ3v) is 5.81. The van der Waals surface area contributed by atoms with E-state index in [0.29, 0.717) is 24.9 Å². The van der Waals surface area contributed by atoms with Gasteiger partial charge < -0.3 is 14.8 Å². The lowest BCUT2D eigenvalue weighted by molar-refractivity contribution is -0.125. The molecule has 138 valence electrons. The van der Waals surface area contributed by atoms with Crippen LogP contribution in [0.3, 0.4) is 0 Å². The molecule has 0 radical (unpaired) electrons. The molecule has 0 spiro atoms. The summed E-state index contributed by atoms with van der Waals surface area (Å²) in [4.78, 5) is 19.3. The number of aromatic nitrogens is 4. The Labute approximate surface area is 153 Å². The molecule has 2 aromatic rings. The summed E-state index contributed by atoms with van der Waals surface area (Å²) in [5.41, 5.74) is 0. The van der Waals surface area contributed by atoms with Gasteiger partial charge in [-0.15, -0.1) is 10.2 Å². The van der Waals surface area contributed by atoms with Gasteiger partial charge in [-0.05, 0) is 30.9 Å². The van der Waals surface area contributed by atoms with Crippen molar-refractivity contribution in [2.75, 3.05) is 18.0 Å². The third-order valence-electron chi connectivity index (χ3n) is 5.81. The van der Waals surface area contributed by atoms with Crippen LogP contribution >= 0.6 is 0 Å². The van der Waals surface area contributed by atoms with Crippen LogP contribution in [-0.2, 0) is 18.4 Å². The maximum atomic E-state index is 12.7. The van der Waals surface area contributed by atoms with E-state index < -0.39 is 0 Å². The highest BCUT2D eigenvalue weighted by Gasteiger charge is 2.35. The molecule has 1 aliphatic heterocycles. The molecule has 7 nitrogen and oxygen atoms in total. The smallest absolute Gasteiger partial charge is 0.225 e. The molecule has 7 heteroatoms. The van der Waals surface area contributed by atoms with Crippen molar-refractivity contribution in [3.8, 4) is 0 Å². The summed E-state index contributed by atoms with van der Waals surface area (Å²) in [7, 11) is 2.00. The van der Waals surface area contributed by atoms with E-state index >= 15 is 0 Å². The number of carbonyl (C=O) groups is 1. The topological polar surface area (TPSA) is 75.9 Å². The Kier molecular flexibility index (Phi) is 4.61. The van der Waals surface area contributed by atoms with E-state index in [1.54, 1.807) is 6.20 Å². The molecule has 2 atom stereocenters. The zero-order chi connectivity index (χ0) is 18.1. The molecule has 2 aromatic heterocycles. The van der Waals surface area contributed by atoms with Gasteiger partial charge in [0.2, 0.25) is 5.91 Å². The summed E-state index contributed by atoms with van der Waals surface area (Å²) in [5.74, 6) is 3.71. The van der Waals surface area contributed by atoms with Crippen LogP contribution < -0.4 is 10.2 Å². The largest absolute Gasteiger partial charge is 0.356 e. The van der Waals surface area contributed by atoms with Gasteiger partial charge in [-0.25, -0.2) is 4.98 Å². The maximum Gasteiger partial charge on any atom is 0.225 e. The number of nitrogens with zero attached hydrogens (tertiary/aromatic N) is 5. The molecule has 1 aliphatic carbocycles. The first-order valence-electron chi connectivity index (χ1n) is 9.45. The average Bonchev–Trinajstić information content (AvgIpc) is 3.16. The summed E-state index contributed by atoms with van der Waals surface area (Å²) < 4.78 is 2.04. The third kappa shape index (κ3) is 3.18. The number of amides is 1. The summed E-state index contributed by atoms with van der Waals surface area (Å²) in [6, 6.07) is 5.88. The van der Waals surface area contributed by atoms with Crippen LogP contribution in [0.1, 0.15) is 43.8 Å². The van der Waals surface area contributed by atoms with E-state index in [1.165, 1.54) is 19.3 Å². The second-order valence-electron chi connectivity index (χ2n) is 7.56. The Morgan fingerprint density at radius 2 is 2.12 bits per heavy atom. The minimum atomic E-state index is -0.0312. The van der Waals surface area contributed by atoms with Crippen molar-refractivity contribution in [1.82, 2.24) is 25.1 Å². The van der Waals surface area contributed by atoms with Gasteiger partial charge >= 0.3 is 0 Å². The number of anilines is 1. The first kappa shape index (κ1) is 17.0. The minimum Gasteiger partial charge on any atom is -0.356 e. The second-order valence-corrected chi connectivity index (χ2v) is 7.56. The number of rotatable bonds is 5. The van der Waals surface area contributed by atoms with Crippen LogP contribution in [0.15, 0.2) is 24.4 Å². The Hall–Kier alpha value is -2.44. The van der Waals surface area contributed by atoms with E-state index in [9.17, 15) is 4.79 Å². The standard InChI is InChI=1S/C19H26N6O/c1-13-11-25(16-8-3-4-9-20-16)12-15(13)19(26)21-10-17-22-23-18(24(17)2)14-6-5-7-14/h3-4,8-9,13-15H,5-7,10-12H2,1-2H3,(H,21,26)/t13-,15-/m1/s1. The molecule has 1 amide bonds. The molecule has 2 fully saturated rings. The fourth-order valence-corrected chi connectivity index (χ4v) is 3.88. The minimum absolute atomic E-state index is 0.0312. The fourth-order valence-electron chi connectivity index (χ4n) is 3.88. The predicted molar refractivity (Wildman–Crippen MR) is 98.5 cm³/mol. The van der Waals surface area contributed by atoms with Crippen LogP contribution in [0.5, 0.6) is 0 Å². The lowest BCUT2D eigenvalue weighted by Gasteiger charge is -2.24. The number of hydrogen-bond donors (Lipinski definition) is 1. The fraction of sp³-hybridized carbons (Fsp3) is 0.579. The van der Waals surface area contributed by atoms with E-state index in [-0.39, 0.29) is 11.8 Å². The van der Waals surface area contributed by atoms with Gasteiger partial charge in [0.05, 0.1) is 12.5 Å². The Morgan fingerprint density at radius 1 is 1.27 bits per heavy atom. The van der Waals surface area contributed by atoms with Gasteiger partial charge in [0.25, 0.3) is 0 Å². The number of hydrogen-bond acceptors (Lipinski definition) is 5. The normalized spacial score (nSPS) is 23.1. The average molecular weight is 354 g/mol. The predicted octanol–water partition coefficient (Wildman–Crippen LogP) is 1.87. The Morgan fingerprint density at radius 3 is 2.81 bits per heavy atom. The van der Waals surface area contributed by atoms with Crippen LogP contribution in [0.2, 0.25) is 0 Å². The molecule has 0 bridgehead atoms. The zero-order valence-corrected chi connectivity index (χ0v) is 15.4. The van der Waals surface area contributed by atoms with Crippen molar-refractivity contribution in [3.05, 3.63) is 36.0 Å². The Balaban J connectivity index is 1.36. The van der Waals surface area contributed by atoms with Crippen LogP contribution in [0.25, 0.3) is 0 Å². The molecule has 1 saturated carbocycles. The molecule has 1 saturated heterocycles. The van der Waals surface area contributed by atoms with Gasteiger partial charge in [0.15, 0.2) is 5.82 Å². The van der Waals surface area contributed by atoms with Crippen LogP contribution in [0, 0.1) is 11.8 Å². The summed E-state index contributed by atoms with van der Waals surface area (Å²) in [6.45, 7) is 4.12. The van der Waals surface area contributed by atoms with Crippen molar-refractivity contribution in [2.45, 2.75) is 38.6 Å². The van der Waals surface area contributed by atoms with Crippen molar-refractivity contribution in [2.24, 2.45) is 18.9 Å². The second kappa shape index (κ2) is 7.05. The molecule has 26 heavy (non-hydrogen) atoms. The summed E-state index contributed by atoms with van der Waals surface area (Å²) in [5, 5.41) is 11.7. The highest BCUT2D eigenvalue weighted by molar-refractivity contribution is 5.80. The van der Waals surface area contributed by atoms with Gasteiger partial charge in [0, 0.05) is 32.3 Å². The summed E-state index contributed by atoms with van der Waals surface area (Å²) in [6.07, 6.45) is 5.46. The van der Waals surface area contributed by atoms with E-state index in [4.69, 9.17) is 0 Å². The molecular formula is C19H26N6O. The maximum absolute atomic E-state index is 12.7. The number of pyridine rings is 1. The van der Waals surface area contributed by atoms with Crippen molar-refractivity contribution in [1.29, 1.82) is 0 Å². The quantitative estimate of drug-likeness (QED) is 0.887. The number of nitrogens with one attached hydrogen (secondary N) is 1. The lowest BCUT2D eigenvalue weighted by Crippen LogP contribution is -2.35. The highest BCUT2D eigenvalue weighted by Crippen LogP contribution is 2.35. The van der Waals surface area contributed by atoms with Crippen molar-refractivity contribution in [3.63, 3.8) is 0 Å². The molecule has 1 N–H and O–H groups in total. The molecular weight excluding hydrogens is 328 g/mol. The van der Waals surface area contributed by atoms with Gasteiger partial charge in [-0.2, -0.15) is 0 Å². The highest BCUT2D eigenvalue weighted by atomic mass is 16.2. The van der Waals surface area contributed by atoms with Crippen molar-refractivity contribution < 1.29 is 4.79 Å². The first-order chi connectivity index (χ1) is 12.6. The van der Waals surface area contributed by atoms with Gasteiger partial charge in [-0.1, -0.05) is 19.4 Å². The molecule has 2 aliphatic rings. The molecule has 0 unspecified atom stereocenters. The van der Waals surface area contributed by atoms with Crippen LogP contribution in [-0.4, -0.2) is 38.7 Å². The zero-order valence-electron chi connectivity index (χ0n) is 15.4. The Bertz CT molecular complexity index is 770. The monoisotopic (exact) mass is 354 g/mol. The van der Waals surface area contributed by atoms with Gasteiger partial charge in [-0.3, -0.25) is 4.79 Å². The van der Waals surface area contributed by atoms with E-state index in [1.807, 2.05) is 29.8 Å². The molecule has 0 aromatic carbocycles. The lowest BCUT2D eigenvalue weighted by atomic mass is 9.85. The summed E-state index contributed by atoms with van der Waals surface area (Å²) >= 11 is 0. The molecule has 3 heterocycles. The number of carbonyl (C=O) groups excluding carboxylic acids is 1. The van der Waals surface area contributed by atoms with Gasteiger partial charge in [0.1, 0.15) is 11.6 Å². The van der Waals surface area contributed by atoms with Crippen molar-refractivity contribution >= 4 is 11.7 Å². The first-order valence-corrected chi connectivity index (χ1v) is 9.45. The van der Waals surface area contributed by atoms with E-state index in [2.05, 4.69) is 32.3 Å². The molecule has 4 rings (SSSR count). The van der Waals surface area contributed by atoms with E-state index in [0.717, 1.165) is 24.0 Å². The van der Waals surface area contributed by atoms with Crippen LogP contribution in [0.4, 0.5) is 5.82 Å². The SMILES string of the molecule is C[C@@H]1CN(c2ccccn2)C[C@H]1C(=O)NCc1nnc(C2CCC2)n1C.